The molecule has 1 aliphatic carbocycles. The fraction of sp³-hybridized carbons (Fsp3) is 0.364. The standard InChI is InChI=1S/C11H14N2O3/c12-9-3-1-2-8(10(9)15)11(16)13-6-4-7(14)5-6/h1-3,6-7,14-15H,4-5,12H2,(H,13,16). The molecule has 0 spiro atoms. The summed E-state index contributed by atoms with van der Waals surface area (Å²) in [7, 11) is 0. The molecule has 1 aromatic rings. The lowest BCUT2D eigenvalue weighted by molar-refractivity contribution is 0.0562. The molecule has 0 aromatic heterocycles. The molecular weight excluding hydrogens is 208 g/mol. The van der Waals surface area contributed by atoms with Crippen LogP contribution >= 0.6 is 0 Å². The topological polar surface area (TPSA) is 95.6 Å². The van der Waals surface area contributed by atoms with Gasteiger partial charge in [0, 0.05) is 6.04 Å². The molecule has 0 atom stereocenters. The molecule has 86 valence electrons. The van der Waals surface area contributed by atoms with Gasteiger partial charge >= 0.3 is 0 Å². The normalized spacial score (nSPS) is 23.6. The molecule has 1 amide bonds. The first-order valence-corrected chi connectivity index (χ1v) is 5.14. The molecule has 5 N–H and O–H groups in total. The molecule has 1 saturated carbocycles. The maximum absolute atomic E-state index is 11.7. The van der Waals surface area contributed by atoms with Crippen LogP contribution in [0, 0.1) is 0 Å². The van der Waals surface area contributed by atoms with Crippen molar-refractivity contribution in [3.63, 3.8) is 0 Å². The van der Waals surface area contributed by atoms with Gasteiger partial charge in [0.05, 0.1) is 17.4 Å². The number of amides is 1. The van der Waals surface area contributed by atoms with E-state index in [-0.39, 0.29) is 35.1 Å². The number of phenols is 1. The summed E-state index contributed by atoms with van der Waals surface area (Å²) in [6.45, 7) is 0. The Hall–Kier alpha value is -1.75. The number of aromatic hydroxyl groups is 1. The molecule has 1 aliphatic rings. The van der Waals surface area contributed by atoms with E-state index in [2.05, 4.69) is 5.32 Å². The highest BCUT2D eigenvalue weighted by molar-refractivity contribution is 5.98. The van der Waals surface area contributed by atoms with E-state index in [9.17, 15) is 9.90 Å². The number of rotatable bonds is 2. The van der Waals surface area contributed by atoms with Crippen molar-refractivity contribution in [3.8, 4) is 5.75 Å². The number of phenolic OH excluding ortho intramolecular Hbond substituents is 1. The minimum absolute atomic E-state index is 0.0108. The first-order chi connectivity index (χ1) is 7.58. The zero-order valence-corrected chi connectivity index (χ0v) is 8.68. The molecule has 0 radical (unpaired) electrons. The minimum atomic E-state index is -0.360. The van der Waals surface area contributed by atoms with Crippen LogP contribution in [0.25, 0.3) is 0 Å². The second-order valence-electron chi connectivity index (χ2n) is 4.04. The summed E-state index contributed by atoms with van der Waals surface area (Å²) in [4.78, 5) is 11.7. The lowest BCUT2D eigenvalue weighted by Gasteiger charge is -2.32. The number of carbonyl (C=O) groups is 1. The van der Waals surface area contributed by atoms with Gasteiger partial charge < -0.3 is 21.3 Å². The number of aliphatic hydroxyl groups is 1. The number of nitrogens with one attached hydrogen (secondary N) is 1. The summed E-state index contributed by atoms with van der Waals surface area (Å²) in [5, 5.41) is 21.4. The zero-order valence-electron chi connectivity index (χ0n) is 8.68. The highest BCUT2D eigenvalue weighted by atomic mass is 16.3. The number of nitrogens with two attached hydrogens (primary N) is 1. The van der Waals surface area contributed by atoms with Crippen LogP contribution in [0.4, 0.5) is 5.69 Å². The van der Waals surface area contributed by atoms with E-state index in [4.69, 9.17) is 10.8 Å². The first kappa shape index (κ1) is 10.8. The van der Waals surface area contributed by atoms with Gasteiger partial charge in [-0.1, -0.05) is 6.07 Å². The summed E-state index contributed by atoms with van der Waals surface area (Å²) < 4.78 is 0. The minimum Gasteiger partial charge on any atom is -0.505 e. The van der Waals surface area contributed by atoms with Gasteiger partial charge in [-0.05, 0) is 25.0 Å². The van der Waals surface area contributed by atoms with Gasteiger partial charge in [0.25, 0.3) is 5.91 Å². The van der Waals surface area contributed by atoms with Gasteiger partial charge in [0.15, 0.2) is 5.75 Å². The Bertz CT molecular complexity index is 414. The number of para-hydroxylation sites is 1. The zero-order chi connectivity index (χ0) is 11.7. The third kappa shape index (κ3) is 1.94. The largest absolute Gasteiger partial charge is 0.505 e. The number of aliphatic hydroxyl groups excluding tert-OH is 1. The van der Waals surface area contributed by atoms with Gasteiger partial charge in [0.1, 0.15) is 0 Å². The highest BCUT2D eigenvalue weighted by Gasteiger charge is 2.29. The Morgan fingerprint density at radius 3 is 2.75 bits per heavy atom. The summed E-state index contributed by atoms with van der Waals surface area (Å²) >= 11 is 0. The molecule has 0 unspecified atom stereocenters. The Morgan fingerprint density at radius 2 is 2.12 bits per heavy atom. The Balaban J connectivity index is 2.06. The molecule has 0 bridgehead atoms. The van der Waals surface area contributed by atoms with E-state index in [0.29, 0.717) is 12.8 Å². The molecule has 0 heterocycles. The van der Waals surface area contributed by atoms with Gasteiger partial charge in [0.2, 0.25) is 0 Å². The van der Waals surface area contributed by atoms with Gasteiger partial charge in [-0.15, -0.1) is 0 Å². The molecule has 2 rings (SSSR count). The first-order valence-electron chi connectivity index (χ1n) is 5.14. The van der Waals surface area contributed by atoms with Crippen molar-refractivity contribution in [1.82, 2.24) is 5.32 Å². The smallest absolute Gasteiger partial charge is 0.255 e. The molecule has 1 aromatic carbocycles. The number of hydrogen-bond acceptors (Lipinski definition) is 4. The highest BCUT2D eigenvalue weighted by Crippen LogP contribution is 2.25. The van der Waals surface area contributed by atoms with E-state index in [1.54, 1.807) is 6.07 Å². The van der Waals surface area contributed by atoms with Crippen LogP contribution in [-0.2, 0) is 0 Å². The summed E-state index contributed by atoms with van der Waals surface area (Å²) in [5.74, 6) is -0.554. The Kier molecular flexibility index (Phi) is 2.70. The van der Waals surface area contributed by atoms with Crippen molar-refractivity contribution in [1.29, 1.82) is 0 Å². The average molecular weight is 222 g/mol. The summed E-state index contributed by atoms with van der Waals surface area (Å²) in [6, 6.07) is 4.64. The van der Waals surface area contributed by atoms with E-state index in [1.807, 2.05) is 0 Å². The van der Waals surface area contributed by atoms with E-state index < -0.39 is 0 Å². The molecule has 5 nitrogen and oxygen atoms in total. The number of anilines is 1. The Morgan fingerprint density at radius 1 is 1.44 bits per heavy atom. The van der Waals surface area contributed by atoms with Gasteiger partial charge in [-0.3, -0.25) is 4.79 Å². The van der Waals surface area contributed by atoms with Crippen LogP contribution in [0.15, 0.2) is 18.2 Å². The summed E-state index contributed by atoms with van der Waals surface area (Å²) in [5.41, 5.74) is 5.84. The third-order valence-corrected chi connectivity index (χ3v) is 2.76. The monoisotopic (exact) mass is 222 g/mol. The van der Waals surface area contributed by atoms with Crippen molar-refractivity contribution in [2.75, 3.05) is 5.73 Å². The Labute approximate surface area is 92.9 Å². The van der Waals surface area contributed by atoms with Crippen LogP contribution < -0.4 is 11.1 Å². The second kappa shape index (κ2) is 4.02. The lowest BCUT2D eigenvalue weighted by Crippen LogP contribution is -2.46. The number of hydrogen-bond donors (Lipinski definition) is 4. The molecule has 5 heteroatoms. The molecule has 1 fully saturated rings. The quantitative estimate of drug-likeness (QED) is 0.425. The number of nitrogen functional groups attached to an aromatic ring is 1. The fourth-order valence-electron chi connectivity index (χ4n) is 1.71. The third-order valence-electron chi connectivity index (χ3n) is 2.76. The van der Waals surface area contributed by atoms with Crippen molar-refractivity contribution in [3.05, 3.63) is 23.8 Å². The average Bonchev–Trinajstić information content (AvgIpc) is 2.19. The van der Waals surface area contributed by atoms with E-state index >= 15 is 0 Å². The van der Waals surface area contributed by atoms with Crippen LogP contribution in [0.1, 0.15) is 23.2 Å². The predicted molar refractivity (Wildman–Crippen MR) is 59.0 cm³/mol. The number of carbonyl (C=O) groups excluding carboxylic acids is 1. The van der Waals surface area contributed by atoms with Crippen molar-refractivity contribution in [2.45, 2.75) is 25.0 Å². The van der Waals surface area contributed by atoms with Crippen LogP contribution in [0.2, 0.25) is 0 Å². The van der Waals surface area contributed by atoms with Crippen molar-refractivity contribution in [2.24, 2.45) is 0 Å². The SMILES string of the molecule is Nc1cccc(C(=O)NC2CC(O)C2)c1O. The van der Waals surface area contributed by atoms with E-state index in [0.717, 1.165) is 0 Å². The fourth-order valence-corrected chi connectivity index (χ4v) is 1.71. The molecule has 0 aliphatic heterocycles. The van der Waals surface area contributed by atoms with Crippen LogP contribution in [0.5, 0.6) is 5.75 Å². The maximum Gasteiger partial charge on any atom is 0.255 e. The summed E-state index contributed by atoms with van der Waals surface area (Å²) in [6.07, 6.45) is 0.809. The van der Waals surface area contributed by atoms with Gasteiger partial charge in [-0.25, -0.2) is 0 Å². The second-order valence-corrected chi connectivity index (χ2v) is 4.04. The molecule has 16 heavy (non-hydrogen) atoms. The molecular formula is C11H14N2O3. The van der Waals surface area contributed by atoms with E-state index in [1.165, 1.54) is 12.1 Å². The van der Waals surface area contributed by atoms with Crippen molar-refractivity contribution < 1.29 is 15.0 Å². The van der Waals surface area contributed by atoms with Crippen LogP contribution in [-0.4, -0.2) is 28.3 Å². The maximum atomic E-state index is 11.7. The molecule has 0 saturated heterocycles. The van der Waals surface area contributed by atoms with Crippen LogP contribution in [0.3, 0.4) is 0 Å². The lowest BCUT2D eigenvalue weighted by atomic mass is 9.89. The number of benzene rings is 1. The van der Waals surface area contributed by atoms with Crippen molar-refractivity contribution >= 4 is 11.6 Å². The van der Waals surface area contributed by atoms with Gasteiger partial charge in [-0.2, -0.15) is 0 Å². The predicted octanol–water partition coefficient (Wildman–Crippen LogP) is 0.227.